The van der Waals surface area contributed by atoms with Gasteiger partial charge in [-0.15, -0.1) is 0 Å². The Bertz CT molecular complexity index is 839. The van der Waals surface area contributed by atoms with E-state index < -0.39 is 0 Å². The lowest BCUT2D eigenvalue weighted by molar-refractivity contribution is 0.0739. The van der Waals surface area contributed by atoms with E-state index in [0.717, 1.165) is 18.7 Å². The van der Waals surface area contributed by atoms with Crippen LogP contribution in [0, 0.1) is 11.8 Å². The monoisotopic (exact) mass is 423 g/mol. The van der Waals surface area contributed by atoms with Crippen molar-refractivity contribution >= 4 is 18.2 Å². The van der Waals surface area contributed by atoms with Crippen LogP contribution in [0.25, 0.3) is 0 Å². The van der Waals surface area contributed by atoms with E-state index in [1.807, 2.05) is 29.2 Å². The Morgan fingerprint density at radius 3 is 2.26 bits per heavy atom. The minimum Gasteiger partial charge on any atom is -0.405 e. The first-order valence-corrected chi connectivity index (χ1v) is 10.9. The van der Waals surface area contributed by atoms with Gasteiger partial charge in [0.05, 0.1) is 0 Å². The second-order valence-electron chi connectivity index (χ2n) is 8.57. The predicted molar refractivity (Wildman–Crippen MR) is 123 cm³/mol. The van der Waals surface area contributed by atoms with Crippen molar-refractivity contribution in [1.29, 1.82) is 0 Å². The van der Waals surface area contributed by atoms with Crippen molar-refractivity contribution in [2.24, 2.45) is 22.6 Å². The van der Waals surface area contributed by atoms with Gasteiger partial charge in [-0.3, -0.25) is 9.69 Å². The Morgan fingerprint density at radius 1 is 1.13 bits per heavy atom. The normalized spacial score (nSPS) is 20.8. The van der Waals surface area contributed by atoms with Crippen LogP contribution in [0.3, 0.4) is 0 Å². The average molecular weight is 424 g/mol. The van der Waals surface area contributed by atoms with Gasteiger partial charge in [-0.05, 0) is 67.5 Å². The number of urea groups is 1. The molecule has 2 heterocycles. The van der Waals surface area contributed by atoms with Gasteiger partial charge in [0.2, 0.25) is 0 Å². The molecule has 0 unspecified atom stereocenters. The summed E-state index contributed by atoms with van der Waals surface area (Å²) < 4.78 is 0. The number of carbonyl (C=O) groups excluding carboxylic acids is 2. The first kappa shape index (κ1) is 22.6. The second-order valence-corrected chi connectivity index (χ2v) is 8.57. The Kier molecular flexibility index (Phi) is 7.50. The topological polar surface area (TPSA) is 82.2 Å². The van der Waals surface area contributed by atoms with E-state index in [2.05, 4.69) is 11.6 Å². The van der Waals surface area contributed by atoms with E-state index in [1.54, 1.807) is 25.1 Å². The van der Waals surface area contributed by atoms with E-state index in [4.69, 9.17) is 5.73 Å². The summed E-state index contributed by atoms with van der Waals surface area (Å²) in [5, 5.41) is 0. The average Bonchev–Trinajstić information content (AvgIpc) is 3.12. The van der Waals surface area contributed by atoms with Crippen molar-refractivity contribution in [3.63, 3.8) is 0 Å². The van der Waals surface area contributed by atoms with Gasteiger partial charge in [-0.2, -0.15) is 0 Å². The van der Waals surface area contributed by atoms with Crippen LogP contribution in [-0.2, 0) is 6.54 Å². The maximum absolute atomic E-state index is 13.0. The van der Waals surface area contributed by atoms with E-state index >= 15 is 0 Å². The van der Waals surface area contributed by atoms with E-state index in [1.165, 1.54) is 43.0 Å². The van der Waals surface area contributed by atoms with Crippen molar-refractivity contribution < 1.29 is 9.59 Å². The Labute approximate surface area is 184 Å². The van der Waals surface area contributed by atoms with Crippen molar-refractivity contribution in [2.75, 3.05) is 27.2 Å². The molecule has 1 aromatic rings. The molecule has 31 heavy (non-hydrogen) atoms. The minimum atomic E-state index is -0.223. The zero-order chi connectivity index (χ0) is 22.4. The fraction of sp³-hybridized carbons (Fsp3) is 0.458. The molecular formula is C24H33N5O2. The van der Waals surface area contributed by atoms with Gasteiger partial charge in [-0.1, -0.05) is 18.7 Å². The number of rotatable bonds is 6. The molecule has 0 spiro atoms. The number of fused-ring (bicyclic) bond motifs is 4. The largest absolute Gasteiger partial charge is 0.405 e. The summed E-state index contributed by atoms with van der Waals surface area (Å²) in [6.45, 7) is 5.99. The second kappa shape index (κ2) is 10.3. The maximum Gasteiger partial charge on any atom is 0.325 e. The third kappa shape index (κ3) is 5.75. The first-order chi connectivity index (χ1) is 14.9. The summed E-state index contributed by atoms with van der Waals surface area (Å²) in [7, 11) is 3.35. The minimum absolute atomic E-state index is 0.121. The van der Waals surface area contributed by atoms with Crippen LogP contribution < -0.4 is 5.73 Å². The van der Waals surface area contributed by atoms with Crippen molar-refractivity contribution in [3.8, 4) is 0 Å². The van der Waals surface area contributed by atoms with Gasteiger partial charge in [-0.25, -0.2) is 9.79 Å². The quantitative estimate of drug-likeness (QED) is 0.712. The predicted octanol–water partition coefficient (Wildman–Crippen LogP) is 3.45. The van der Waals surface area contributed by atoms with Crippen LogP contribution in [-0.4, -0.2) is 60.0 Å². The number of benzene rings is 1. The number of allylic oxidation sites excluding steroid dienone is 1. The standard InChI is InChI=1S/C24H33N5O2/c1-18(26-14-4-13-25)28(3)24(31)27(2)15-19-9-11-22(12-10-19)23(30)29-16-20-5-6-21(17-29)8-7-20/h4,9-14,20-21H,1,5-8,15-17,25H2,2-3H3/b13-4-,26-14?. The van der Waals surface area contributed by atoms with Gasteiger partial charge in [0.25, 0.3) is 5.91 Å². The molecule has 7 heteroatoms. The molecule has 1 aliphatic carbocycles. The molecule has 7 nitrogen and oxygen atoms in total. The maximum atomic E-state index is 13.0. The van der Waals surface area contributed by atoms with Gasteiger partial charge in [0.15, 0.2) is 0 Å². The molecule has 3 fully saturated rings. The number of nitrogens with zero attached hydrogens (tertiary/aromatic N) is 4. The number of hydrogen-bond acceptors (Lipinski definition) is 4. The lowest BCUT2D eigenvalue weighted by Crippen LogP contribution is -2.37. The van der Waals surface area contributed by atoms with Gasteiger partial charge in [0, 0.05) is 45.5 Å². The molecule has 1 aromatic carbocycles. The number of carbonyl (C=O) groups is 2. The third-order valence-electron chi connectivity index (χ3n) is 6.25. The number of nitrogens with two attached hydrogens (primary N) is 1. The summed E-state index contributed by atoms with van der Waals surface area (Å²) in [5.74, 6) is 1.76. The fourth-order valence-electron chi connectivity index (χ4n) is 4.37. The van der Waals surface area contributed by atoms with Crippen molar-refractivity contribution in [1.82, 2.24) is 14.7 Å². The van der Waals surface area contributed by atoms with Crippen LogP contribution in [0.15, 0.2) is 53.9 Å². The molecule has 2 bridgehead atoms. The van der Waals surface area contributed by atoms with Gasteiger partial charge >= 0.3 is 6.03 Å². The number of aliphatic imine (C=N–C) groups is 1. The summed E-state index contributed by atoms with van der Waals surface area (Å²) in [4.78, 5) is 34.7. The fourth-order valence-corrected chi connectivity index (χ4v) is 4.37. The van der Waals surface area contributed by atoms with Crippen LogP contribution in [0.1, 0.15) is 41.6 Å². The molecule has 0 atom stereocenters. The van der Waals surface area contributed by atoms with Crippen LogP contribution in [0.5, 0.6) is 0 Å². The Hall–Kier alpha value is -3.09. The molecule has 4 rings (SSSR count). The van der Waals surface area contributed by atoms with E-state index in [9.17, 15) is 9.59 Å². The SMILES string of the molecule is C=C(N=C/C=C\N)N(C)C(=O)N(C)Cc1ccc(C(=O)N2CC3CCC(CC3)C2)cc1. The molecule has 2 N–H and O–H groups in total. The number of amides is 3. The molecule has 166 valence electrons. The van der Waals surface area contributed by atoms with Crippen molar-refractivity contribution in [2.45, 2.75) is 32.2 Å². The number of hydrogen-bond donors (Lipinski definition) is 1. The lowest BCUT2D eigenvalue weighted by Gasteiger charge is -2.25. The highest BCUT2D eigenvalue weighted by atomic mass is 16.2. The Morgan fingerprint density at radius 2 is 1.71 bits per heavy atom. The van der Waals surface area contributed by atoms with Crippen LogP contribution >= 0.6 is 0 Å². The molecule has 3 amide bonds. The molecule has 3 aliphatic rings. The van der Waals surface area contributed by atoms with E-state index in [0.29, 0.717) is 29.8 Å². The summed E-state index contributed by atoms with van der Waals surface area (Å²) in [6, 6.07) is 7.35. The van der Waals surface area contributed by atoms with Crippen molar-refractivity contribution in [3.05, 3.63) is 60.1 Å². The highest BCUT2D eigenvalue weighted by Crippen LogP contribution is 2.34. The summed E-state index contributed by atoms with van der Waals surface area (Å²) in [6.07, 6.45) is 9.42. The van der Waals surface area contributed by atoms with E-state index in [-0.39, 0.29) is 11.9 Å². The molecule has 0 radical (unpaired) electrons. The molecule has 2 saturated heterocycles. The first-order valence-electron chi connectivity index (χ1n) is 10.9. The van der Waals surface area contributed by atoms with Gasteiger partial charge < -0.3 is 15.5 Å². The zero-order valence-electron chi connectivity index (χ0n) is 18.5. The summed E-state index contributed by atoms with van der Waals surface area (Å²) in [5.41, 5.74) is 6.93. The van der Waals surface area contributed by atoms with Gasteiger partial charge in [0.1, 0.15) is 5.82 Å². The molecule has 1 saturated carbocycles. The molecule has 0 aromatic heterocycles. The zero-order valence-corrected chi connectivity index (χ0v) is 18.5. The summed E-state index contributed by atoms with van der Waals surface area (Å²) >= 11 is 0. The lowest BCUT2D eigenvalue weighted by atomic mass is 9.84. The van der Waals surface area contributed by atoms with Crippen LogP contribution in [0.2, 0.25) is 0 Å². The third-order valence-corrected chi connectivity index (χ3v) is 6.25. The molecule has 2 aliphatic heterocycles. The molecular weight excluding hydrogens is 390 g/mol. The Balaban J connectivity index is 1.57. The highest BCUT2D eigenvalue weighted by Gasteiger charge is 2.31. The smallest absolute Gasteiger partial charge is 0.325 e. The highest BCUT2D eigenvalue weighted by molar-refractivity contribution is 5.94. The van der Waals surface area contributed by atoms with Crippen LogP contribution in [0.4, 0.5) is 4.79 Å².